The second-order valence-corrected chi connectivity index (χ2v) is 5.67. The average molecular weight is 248 g/mol. The normalized spacial score (nSPS) is 29.2. The summed E-state index contributed by atoms with van der Waals surface area (Å²) in [6.45, 7) is 5.79. The van der Waals surface area contributed by atoms with Crippen LogP contribution in [-0.2, 0) is 6.42 Å². The number of aryl methyl sites for hydroxylation is 1. The van der Waals surface area contributed by atoms with Gasteiger partial charge in [-0.15, -0.1) is 0 Å². The Morgan fingerprint density at radius 3 is 3.11 bits per heavy atom. The van der Waals surface area contributed by atoms with Gasteiger partial charge in [-0.3, -0.25) is 0 Å². The van der Waals surface area contributed by atoms with Crippen LogP contribution in [0.3, 0.4) is 0 Å². The van der Waals surface area contributed by atoms with Crippen LogP contribution in [0.5, 0.6) is 0 Å². The van der Waals surface area contributed by atoms with Gasteiger partial charge in [0.25, 0.3) is 0 Å². The third kappa shape index (κ3) is 2.08. The van der Waals surface area contributed by atoms with Crippen LogP contribution in [0.25, 0.3) is 0 Å². The van der Waals surface area contributed by atoms with Crippen molar-refractivity contribution < 1.29 is 0 Å². The maximum Gasteiger partial charge on any atom is 0.114 e. The van der Waals surface area contributed by atoms with E-state index in [9.17, 15) is 0 Å². The summed E-state index contributed by atoms with van der Waals surface area (Å²) in [7, 11) is 0. The lowest BCUT2D eigenvalue weighted by Gasteiger charge is -2.33. The highest BCUT2D eigenvalue weighted by Gasteiger charge is 2.28. The second kappa shape index (κ2) is 5.02. The molecule has 2 aliphatic heterocycles. The molecule has 2 unspecified atom stereocenters. The van der Waals surface area contributed by atoms with E-state index < -0.39 is 0 Å². The molecule has 3 heterocycles. The third-order valence-corrected chi connectivity index (χ3v) is 4.48. The fraction of sp³-hybridized carbons (Fsp3) is 0.786. The molecule has 2 atom stereocenters. The van der Waals surface area contributed by atoms with Crippen molar-refractivity contribution in [3.05, 3.63) is 17.7 Å². The number of imidazole rings is 1. The molecule has 1 aromatic rings. The van der Waals surface area contributed by atoms with Gasteiger partial charge in [-0.1, -0.05) is 6.92 Å². The van der Waals surface area contributed by atoms with E-state index >= 15 is 0 Å². The van der Waals surface area contributed by atoms with Gasteiger partial charge in [0, 0.05) is 24.4 Å². The van der Waals surface area contributed by atoms with Crippen LogP contribution in [0.4, 0.5) is 0 Å². The molecule has 0 bridgehead atoms. The Morgan fingerprint density at radius 2 is 2.28 bits per heavy atom. The van der Waals surface area contributed by atoms with Gasteiger partial charge in [0.15, 0.2) is 0 Å². The Balaban J connectivity index is 1.86. The summed E-state index contributed by atoms with van der Waals surface area (Å²) in [5, 5.41) is 0. The SMILES string of the molecule is CCN1CCCC(c2ncc3n2C(N)CCC3)C1. The number of nitrogens with zero attached hydrogens (tertiary/aromatic N) is 3. The van der Waals surface area contributed by atoms with E-state index in [1.807, 2.05) is 0 Å². The molecule has 3 rings (SSSR count). The van der Waals surface area contributed by atoms with E-state index in [0.29, 0.717) is 5.92 Å². The molecular formula is C14H24N4. The number of rotatable bonds is 2. The van der Waals surface area contributed by atoms with Gasteiger partial charge in [0.1, 0.15) is 5.82 Å². The molecule has 0 radical (unpaired) electrons. The average Bonchev–Trinajstić information content (AvgIpc) is 2.84. The Kier molecular flexibility index (Phi) is 3.39. The molecule has 1 fully saturated rings. The topological polar surface area (TPSA) is 47.1 Å². The number of piperidine rings is 1. The van der Waals surface area contributed by atoms with Crippen LogP contribution in [0, 0.1) is 0 Å². The molecule has 0 amide bonds. The first-order valence-electron chi connectivity index (χ1n) is 7.33. The highest BCUT2D eigenvalue weighted by Crippen LogP contribution is 2.31. The molecule has 0 spiro atoms. The van der Waals surface area contributed by atoms with Gasteiger partial charge < -0.3 is 15.2 Å². The third-order valence-electron chi connectivity index (χ3n) is 4.48. The van der Waals surface area contributed by atoms with Gasteiger partial charge in [0.2, 0.25) is 0 Å². The largest absolute Gasteiger partial charge is 0.316 e. The zero-order chi connectivity index (χ0) is 12.5. The van der Waals surface area contributed by atoms with E-state index in [-0.39, 0.29) is 6.17 Å². The molecule has 0 aromatic carbocycles. The first-order chi connectivity index (χ1) is 8.79. The number of nitrogens with two attached hydrogens (primary N) is 1. The zero-order valence-corrected chi connectivity index (χ0v) is 11.3. The van der Waals surface area contributed by atoms with Crippen molar-refractivity contribution in [1.82, 2.24) is 14.5 Å². The van der Waals surface area contributed by atoms with E-state index in [1.54, 1.807) is 0 Å². The minimum atomic E-state index is 0.156. The van der Waals surface area contributed by atoms with Crippen LogP contribution in [0.1, 0.15) is 56.2 Å². The predicted molar refractivity (Wildman–Crippen MR) is 72.5 cm³/mol. The quantitative estimate of drug-likeness (QED) is 0.869. The number of likely N-dealkylation sites (N-methyl/N-ethyl adjacent to an activating group) is 1. The smallest absolute Gasteiger partial charge is 0.114 e. The highest BCUT2D eigenvalue weighted by atomic mass is 15.2. The monoisotopic (exact) mass is 248 g/mol. The number of likely N-dealkylation sites (tertiary alicyclic amines) is 1. The van der Waals surface area contributed by atoms with Crippen LogP contribution in [-0.4, -0.2) is 34.1 Å². The van der Waals surface area contributed by atoms with Gasteiger partial charge >= 0.3 is 0 Å². The Hall–Kier alpha value is -0.870. The molecule has 1 aromatic heterocycles. The number of fused-ring (bicyclic) bond motifs is 1. The molecule has 2 N–H and O–H groups in total. The van der Waals surface area contributed by atoms with Crippen molar-refractivity contribution in [3.8, 4) is 0 Å². The van der Waals surface area contributed by atoms with E-state index in [1.165, 1.54) is 37.3 Å². The Morgan fingerprint density at radius 1 is 1.39 bits per heavy atom. The van der Waals surface area contributed by atoms with Crippen molar-refractivity contribution in [3.63, 3.8) is 0 Å². The minimum absolute atomic E-state index is 0.156. The number of hydrogen-bond donors (Lipinski definition) is 1. The molecular weight excluding hydrogens is 224 g/mol. The van der Waals surface area contributed by atoms with Gasteiger partial charge in [-0.05, 0) is 45.2 Å². The molecule has 1 saturated heterocycles. The highest BCUT2D eigenvalue weighted by molar-refractivity contribution is 5.14. The van der Waals surface area contributed by atoms with Crippen molar-refractivity contribution in [2.75, 3.05) is 19.6 Å². The Bertz CT molecular complexity index is 412. The van der Waals surface area contributed by atoms with Crippen molar-refractivity contribution in [1.29, 1.82) is 0 Å². The van der Waals surface area contributed by atoms with Crippen LogP contribution < -0.4 is 5.73 Å². The summed E-state index contributed by atoms with van der Waals surface area (Å²) in [6, 6.07) is 0. The summed E-state index contributed by atoms with van der Waals surface area (Å²) in [5.74, 6) is 1.83. The molecule has 18 heavy (non-hydrogen) atoms. The lowest BCUT2D eigenvalue weighted by Crippen LogP contribution is -2.36. The van der Waals surface area contributed by atoms with E-state index in [4.69, 9.17) is 10.7 Å². The predicted octanol–water partition coefficient (Wildman–Crippen LogP) is 1.88. The summed E-state index contributed by atoms with van der Waals surface area (Å²) in [5.41, 5.74) is 7.62. The van der Waals surface area contributed by atoms with Crippen molar-refractivity contribution in [2.45, 2.75) is 51.1 Å². The van der Waals surface area contributed by atoms with Crippen LogP contribution in [0.2, 0.25) is 0 Å². The zero-order valence-electron chi connectivity index (χ0n) is 11.3. The molecule has 0 aliphatic carbocycles. The van der Waals surface area contributed by atoms with Gasteiger partial charge in [0.05, 0.1) is 6.17 Å². The van der Waals surface area contributed by atoms with Crippen LogP contribution in [0.15, 0.2) is 6.20 Å². The molecule has 100 valence electrons. The molecule has 2 aliphatic rings. The molecule has 4 nitrogen and oxygen atoms in total. The summed E-state index contributed by atoms with van der Waals surface area (Å²) in [6.07, 6.45) is 8.21. The molecule has 4 heteroatoms. The lowest BCUT2D eigenvalue weighted by atomic mass is 9.96. The summed E-state index contributed by atoms with van der Waals surface area (Å²) >= 11 is 0. The standard InChI is InChI=1S/C14H24N4/c1-2-17-8-4-5-11(10-17)14-16-9-12-6-3-7-13(15)18(12)14/h9,11,13H,2-8,10,15H2,1H3. The molecule has 0 saturated carbocycles. The van der Waals surface area contributed by atoms with Gasteiger partial charge in [-0.2, -0.15) is 0 Å². The second-order valence-electron chi connectivity index (χ2n) is 5.67. The maximum absolute atomic E-state index is 6.27. The fourth-order valence-corrected chi connectivity index (χ4v) is 3.46. The van der Waals surface area contributed by atoms with Crippen molar-refractivity contribution in [2.24, 2.45) is 5.73 Å². The number of hydrogen-bond acceptors (Lipinski definition) is 3. The fourth-order valence-electron chi connectivity index (χ4n) is 3.46. The lowest BCUT2D eigenvalue weighted by molar-refractivity contribution is 0.208. The van der Waals surface area contributed by atoms with Gasteiger partial charge in [-0.25, -0.2) is 4.98 Å². The summed E-state index contributed by atoms with van der Waals surface area (Å²) in [4.78, 5) is 7.23. The Labute approximate surface area is 109 Å². The van der Waals surface area contributed by atoms with Crippen LogP contribution >= 0.6 is 0 Å². The summed E-state index contributed by atoms with van der Waals surface area (Å²) < 4.78 is 2.33. The number of aromatic nitrogens is 2. The van der Waals surface area contributed by atoms with E-state index in [0.717, 1.165) is 25.9 Å². The van der Waals surface area contributed by atoms with E-state index in [2.05, 4.69) is 22.6 Å². The first-order valence-corrected chi connectivity index (χ1v) is 7.33. The van der Waals surface area contributed by atoms with Crippen molar-refractivity contribution >= 4 is 0 Å². The minimum Gasteiger partial charge on any atom is -0.316 e. The first kappa shape index (κ1) is 12.2. The maximum atomic E-state index is 6.27.